The Morgan fingerprint density at radius 3 is 2.39 bits per heavy atom. The number of amides is 1. The van der Waals surface area contributed by atoms with Gasteiger partial charge in [0.05, 0.1) is 29.0 Å². The first-order chi connectivity index (χ1) is 18.0. The van der Waals surface area contributed by atoms with Crippen LogP contribution in [-0.4, -0.2) is 41.3 Å². The SMILES string of the molecule is Cc1nc(-c2onc(C)c2NS(=O)(=O)CCc2ccc(F)cc2)ccc1NC(=O)C1CCCCC1C(=O)O. The molecule has 0 bridgehead atoms. The molecule has 12 heteroatoms. The zero-order chi connectivity index (χ0) is 27.4. The normalized spacial score (nSPS) is 17.7. The van der Waals surface area contributed by atoms with Gasteiger partial charge in [-0.25, -0.2) is 17.8 Å². The third-order valence-corrected chi connectivity index (χ3v) is 7.95. The van der Waals surface area contributed by atoms with Crippen LogP contribution >= 0.6 is 0 Å². The number of aromatic nitrogens is 2. The number of carboxylic acid groups (broad SMARTS) is 1. The van der Waals surface area contributed by atoms with Gasteiger partial charge >= 0.3 is 5.97 Å². The molecule has 202 valence electrons. The van der Waals surface area contributed by atoms with Gasteiger partial charge < -0.3 is 14.9 Å². The summed E-state index contributed by atoms with van der Waals surface area (Å²) in [6.07, 6.45) is 2.74. The van der Waals surface area contributed by atoms with E-state index in [0.29, 0.717) is 41.2 Å². The number of hydrogen-bond acceptors (Lipinski definition) is 7. The number of sulfonamides is 1. The average Bonchev–Trinajstić information content (AvgIpc) is 3.24. The highest BCUT2D eigenvalue weighted by molar-refractivity contribution is 7.92. The fourth-order valence-electron chi connectivity index (χ4n) is 4.56. The molecule has 0 radical (unpaired) electrons. The number of aliphatic carboxylic acids is 1. The minimum absolute atomic E-state index is 0.118. The molecule has 0 aliphatic heterocycles. The maximum absolute atomic E-state index is 13.1. The molecule has 3 aromatic rings. The van der Waals surface area contributed by atoms with E-state index in [-0.39, 0.29) is 29.5 Å². The van der Waals surface area contributed by atoms with Gasteiger partial charge in [0.1, 0.15) is 22.9 Å². The van der Waals surface area contributed by atoms with Crippen molar-refractivity contribution in [1.82, 2.24) is 10.1 Å². The number of benzene rings is 1. The molecule has 2 aromatic heterocycles. The van der Waals surface area contributed by atoms with Crippen molar-refractivity contribution in [1.29, 1.82) is 0 Å². The van der Waals surface area contributed by atoms with Gasteiger partial charge in [0, 0.05) is 0 Å². The molecule has 1 aromatic carbocycles. The number of halogens is 1. The first-order valence-corrected chi connectivity index (χ1v) is 13.9. The highest BCUT2D eigenvalue weighted by atomic mass is 32.2. The van der Waals surface area contributed by atoms with Gasteiger partial charge in [-0.1, -0.05) is 30.1 Å². The molecule has 1 saturated carbocycles. The van der Waals surface area contributed by atoms with Crippen LogP contribution in [-0.2, 0) is 26.0 Å². The molecule has 2 heterocycles. The van der Waals surface area contributed by atoms with Crippen LogP contribution in [0.3, 0.4) is 0 Å². The van der Waals surface area contributed by atoms with Crippen LogP contribution in [0.15, 0.2) is 40.9 Å². The summed E-state index contributed by atoms with van der Waals surface area (Å²) in [6.45, 7) is 3.26. The average molecular weight is 545 g/mol. The van der Waals surface area contributed by atoms with Crippen molar-refractivity contribution in [2.45, 2.75) is 46.0 Å². The Morgan fingerprint density at radius 1 is 1.05 bits per heavy atom. The van der Waals surface area contributed by atoms with Crippen LogP contribution in [0.5, 0.6) is 0 Å². The lowest BCUT2D eigenvalue weighted by Gasteiger charge is -2.27. The highest BCUT2D eigenvalue weighted by Crippen LogP contribution is 2.34. The second-order valence-electron chi connectivity index (χ2n) is 9.42. The summed E-state index contributed by atoms with van der Waals surface area (Å²) in [4.78, 5) is 28.9. The van der Waals surface area contributed by atoms with E-state index in [2.05, 4.69) is 20.2 Å². The Morgan fingerprint density at radius 2 is 1.74 bits per heavy atom. The summed E-state index contributed by atoms with van der Waals surface area (Å²) in [6, 6.07) is 8.79. The third-order valence-electron chi connectivity index (χ3n) is 6.69. The molecule has 0 saturated heterocycles. The largest absolute Gasteiger partial charge is 0.481 e. The van der Waals surface area contributed by atoms with Gasteiger partial charge in [-0.05, 0) is 62.9 Å². The molecular weight excluding hydrogens is 515 g/mol. The predicted octanol–water partition coefficient (Wildman–Crippen LogP) is 4.31. The fourth-order valence-corrected chi connectivity index (χ4v) is 5.72. The summed E-state index contributed by atoms with van der Waals surface area (Å²) < 4.78 is 46.6. The first kappa shape index (κ1) is 27.2. The molecule has 1 amide bonds. The molecule has 1 aliphatic rings. The number of hydrogen-bond donors (Lipinski definition) is 3. The van der Waals surface area contributed by atoms with Crippen molar-refractivity contribution in [2.24, 2.45) is 11.8 Å². The minimum Gasteiger partial charge on any atom is -0.481 e. The van der Waals surface area contributed by atoms with Gasteiger partial charge in [0.25, 0.3) is 0 Å². The van der Waals surface area contributed by atoms with E-state index in [4.69, 9.17) is 4.52 Å². The van der Waals surface area contributed by atoms with Crippen LogP contribution in [0, 0.1) is 31.5 Å². The second kappa shape index (κ2) is 11.3. The molecule has 4 rings (SSSR count). The molecular formula is C26H29FN4O6S. The van der Waals surface area contributed by atoms with Gasteiger partial charge in [-0.2, -0.15) is 0 Å². The number of carboxylic acids is 1. The Labute approximate surface area is 219 Å². The summed E-state index contributed by atoms with van der Waals surface area (Å²) in [5, 5.41) is 16.2. The summed E-state index contributed by atoms with van der Waals surface area (Å²) >= 11 is 0. The molecule has 1 aliphatic carbocycles. The monoisotopic (exact) mass is 544 g/mol. The van der Waals surface area contributed by atoms with Gasteiger partial charge in [-0.3, -0.25) is 14.3 Å². The predicted molar refractivity (Wildman–Crippen MR) is 138 cm³/mol. The zero-order valence-corrected chi connectivity index (χ0v) is 21.8. The van der Waals surface area contributed by atoms with Crippen molar-refractivity contribution >= 4 is 33.3 Å². The van der Waals surface area contributed by atoms with Gasteiger partial charge in [0.15, 0.2) is 0 Å². The van der Waals surface area contributed by atoms with E-state index in [1.165, 1.54) is 24.3 Å². The molecule has 10 nitrogen and oxygen atoms in total. The lowest BCUT2D eigenvalue weighted by molar-refractivity contribution is -0.147. The fraction of sp³-hybridized carbons (Fsp3) is 0.385. The van der Waals surface area contributed by atoms with Crippen LogP contribution < -0.4 is 10.0 Å². The lowest BCUT2D eigenvalue weighted by atomic mass is 9.78. The lowest BCUT2D eigenvalue weighted by Crippen LogP contribution is -2.36. The second-order valence-corrected chi connectivity index (χ2v) is 11.3. The van der Waals surface area contributed by atoms with Crippen molar-refractivity contribution in [2.75, 3.05) is 15.8 Å². The molecule has 1 fully saturated rings. The van der Waals surface area contributed by atoms with E-state index >= 15 is 0 Å². The van der Waals surface area contributed by atoms with Crippen LogP contribution in [0.2, 0.25) is 0 Å². The van der Waals surface area contributed by atoms with Crippen molar-refractivity contribution < 1.29 is 32.0 Å². The number of rotatable bonds is 9. The summed E-state index contributed by atoms with van der Waals surface area (Å²) in [5.74, 6) is -3.18. The van der Waals surface area contributed by atoms with Gasteiger partial charge in [0.2, 0.25) is 21.7 Å². The standard InChI is InChI=1S/C26H29FN4O6S/c1-15-21(29-25(32)19-5-3-4-6-20(19)26(33)34)11-12-22(28-15)24-23(16(2)30-37-24)31-38(35,36)14-13-17-7-9-18(27)10-8-17/h7-12,19-20,31H,3-6,13-14H2,1-2H3,(H,29,32)(H,33,34). The smallest absolute Gasteiger partial charge is 0.307 e. The van der Waals surface area contributed by atoms with Crippen molar-refractivity contribution in [3.05, 3.63) is 59.2 Å². The van der Waals surface area contributed by atoms with Crippen LogP contribution in [0.4, 0.5) is 15.8 Å². The first-order valence-electron chi connectivity index (χ1n) is 12.3. The molecule has 38 heavy (non-hydrogen) atoms. The maximum atomic E-state index is 13.1. The third kappa shape index (κ3) is 6.36. The Bertz CT molecular complexity index is 1440. The Balaban J connectivity index is 1.48. The van der Waals surface area contributed by atoms with E-state index in [1.807, 2.05) is 0 Å². The van der Waals surface area contributed by atoms with Crippen molar-refractivity contribution in [3.8, 4) is 11.5 Å². The number of carbonyl (C=O) groups excluding carboxylic acids is 1. The number of nitrogens with one attached hydrogen (secondary N) is 2. The molecule has 3 N–H and O–H groups in total. The van der Waals surface area contributed by atoms with E-state index in [1.54, 1.807) is 26.0 Å². The van der Waals surface area contributed by atoms with Crippen molar-refractivity contribution in [3.63, 3.8) is 0 Å². The number of pyridine rings is 1. The van der Waals surface area contributed by atoms with Crippen LogP contribution in [0.1, 0.15) is 42.6 Å². The number of anilines is 2. The van der Waals surface area contributed by atoms with Gasteiger partial charge in [-0.15, -0.1) is 0 Å². The Kier molecular flexibility index (Phi) is 8.10. The number of carbonyl (C=O) groups is 2. The molecule has 0 spiro atoms. The highest BCUT2D eigenvalue weighted by Gasteiger charge is 2.36. The summed E-state index contributed by atoms with van der Waals surface area (Å²) in [5.41, 5.74) is 2.32. The van der Waals surface area contributed by atoms with E-state index < -0.39 is 33.6 Å². The summed E-state index contributed by atoms with van der Waals surface area (Å²) in [7, 11) is -3.80. The quantitative estimate of drug-likeness (QED) is 0.361. The van der Waals surface area contributed by atoms with E-state index in [0.717, 1.165) is 12.8 Å². The topological polar surface area (TPSA) is 151 Å². The minimum atomic E-state index is -3.80. The molecule has 2 atom stereocenters. The number of nitrogens with zero attached hydrogens (tertiary/aromatic N) is 2. The number of aryl methyl sites for hydroxylation is 3. The zero-order valence-electron chi connectivity index (χ0n) is 21.0. The van der Waals surface area contributed by atoms with E-state index in [9.17, 15) is 27.5 Å². The van der Waals surface area contributed by atoms with Crippen LogP contribution in [0.25, 0.3) is 11.5 Å². The maximum Gasteiger partial charge on any atom is 0.307 e. The Hall–Kier alpha value is -3.80. The molecule has 2 unspecified atom stereocenters.